The van der Waals surface area contributed by atoms with Crippen molar-refractivity contribution >= 4 is 10.1 Å². The Hall–Kier alpha value is -2.99. The van der Waals surface area contributed by atoms with Crippen molar-refractivity contribution in [3.8, 4) is 22.8 Å². The van der Waals surface area contributed by atoms with Crippen LogP contribution in [0, 0.1) is 0 Å². The minimum atomic E-state index is -4.78. The molecule has 3 rings (SSSR count). The van der Waals surface area contributed by atoms with Crippen LogP contribution in [0.25, 0.3) is 17.1 Å². The monoisotopic (exact) mass is 400 g/mol. The molecule has 1 N–H and O–H groups in total. The van der Waals surface area contributed by atoms with Crippen LogP contribution in [0.5, 0.6) is 5.75 Å². The Labute approximate surface area is 151 Å². The maximum absolute atomic E-state index is 13.1. The first-order valence-corrected chi connectivity index (χ1v) is 8.66. The first kappa shape index (κ1) is 18.8. The van der Waals surface area contributed by atoms with Crippen molar-refractivity contribution in [3.63, 3.8) is 0 Å². The van der Waals surface area contributed by atoms with Crippen LogP contribution in [0.4, 0.5) is 13.2 Å². The predicted molar refractivity (Wildman–Crippen MR) is 86.0 cm³/mol. The summed E-state index contributed by atoms with van der Waals surface area (Å²) in [6, 6.07) is 8.18. The molecule has 8 nitrogen and oxygen atoms in total. The van der Waals surface area contributed by atoms with Crippen LogP contribution >= 0.6 is 0 Å². The Morgan fingerprint density at radius 2 is 1.78 bits per heavy atom. The molecule has 12 heteroatoms. The summed E-state index contributed by atoms with van der Waals surface area (Å²) in [5.74, 6) is -1.00. The lowest BCUT2D eigenvalue weighted by atomic mass is 10.2. The van der Waals surface area contributed by atoms with E-state index in [1.54, 1.807) is 12.1 Å². The molecule has 0 bridgehead atoms. The number of ether oxygens (including phenoxy) is 1. The second-order valence-corrected chi connectivity index (χ2v) is 6.60. The molecule has 27 heavy (non-hydrogen) atoms. The molecule has 0 aliphatic carbocycles. The van der Waals surface area contributed by atoms with E-state index < -0.39 is 27.1 Å². The van der Waals surface area contributed by atoms with Gasteiger partial charge in [-0.1, -0.05) is 0 Å². The molecule has 0 saturated carbocycles. The molecule has 2 heterocycles. The highest BCUT2D eigenvalue weighted by Gasteiger charge is 2.37. The summed E-state index contributed by atoms with van der Waals surface area (Å²) < 4.78 is 76.2. The lowest BCUT2D eigenvalue weighted by molar-refractivity contribution is -0.144. The van der Waals surface area contributed by atoms with E-state index in [1.807, 2.05) is 0 Å². The zero-order valence-corrected chi connectivity index (χ0v) is 14.4. The van der Waals surface area contributed by atoms with Crippen LogP contribution in [0.3, 0.4) is 0 Å². The van der Waals surface area contributed by atoms with Crippen LogP contribution in [0.1, 0.15) is 5.82 Å². The fourth-order valence-corrected chi connectivity index (χ4v) is 2.62. The molecular weight excluding hydrogens is 389 g/mol. The summed E-state index contributed by atoms with van der Waals surface area (Å²) in [6.45, 7) is 0. The smallest absolute Gasteiger partial charge is 0.453 e. The van der Waals surface area contributed by atoms with Gasteiger partial charge in [0, 0.05) is 5.56 Å². The highest BCUT2D eigenvalue weighted by Crippen LogP contribution is 2.31. The third-order valence-corrected chi connectivity index (χ3v) is 4.21. The van der Waals surface area contributed by atoms with E-state index in [2.05, 4.69) is 15.1 Å². The number of halogens is 3. The maximum Gasteiger partial charge on any atom is 0.453 e. The van der Waals surface area contributed by atoms with Crippen LogP contribution < -0.4 is 4.74 Å². The summed E-state index contributed by atoms with van der Waals surface area (Å²) in [7, 11) is -3.09. The second-order valence-electron chi connectivity index (χ2n) is 5.23. The quantitative estimate of drug-likeness (QED) is 0.671. The minimum Gasteiger partial charge on any atom is -0.497 e. The van der Waals surface area contributed by atoms with Gasteiger partial charge in [-0.05, 0) is 36.4 Å². The van der Waals surface area contributed by atoms with Gasteiger partial charge in [-0.15, -0.1) is 5.10 Å². The van der Waals surface area contributed by atoms with Gasteiger partial charge >= 0.3 is 16.3 Å². The van der Waals surface area contributed by atoms with E-state index in [0.29, 0.717) is 11.3 Å². The maximum atomic E-state index is 13.1. The molecule has 1 aromatic carbocycles. The summed E-state index contributed by atoms with van der Waals surface area (Å²) in [5, 5.41) is 2.81. The summed E-state index contributed by atoms with van der Waals surface area (Å²) in [5.41, 5.74) is 0.342. The standard InChI is InChI=1S/C15H11F3N4O4S/c1-26-11-5-2-9(3-6-11)13-20-14(15(16,17)18)21-22(13)10-4-7-12(19-8-10)27(23,24)25/h2-8H,1H3,(H,23,24,25). The number of alkyl halides is 3. The predicted octanol–water partition coefficient (Wildman–Crippen LogP) is 2.60. The fourth-order valence-electron chi connectivity index (χ4n) is 2.19. The van der Waals surface area contributed by atoms with Crippen molar-refractivity contribution in [2.75, 3.05) is 7.11 Å². The molecule has 0 spiro atoms. The number of pyridine rings is 1. The summed E-state index contributed by atoms with van der Waals surface area (Å²) in [4.78, 5) is 7.08. The number of methoxy groups -OCH3 is 1. The number of rotatable bonds is 4. The normalized spacial score (nSPS) is 12.2. The van der Waals surface area contributed by atoms with Crippen molar-refractivity contribution in [2.24, 2.45) is 0 Å². The van der Waals surface area contributed by atoms with E-state index in [9.17, 15) is 21.6 Å². The lowest BCUT2D eigenvalue weighted by Crippen LogP contribution is -2.09. The zero-order chi connectivity index (χ0) is 19.8. The zero-order valence-electron chi connectivity index (χ0n) is 13.5. The van der Waals surface area contributed by atoms with Crippen molar-refractivity contribution in [1.82, 2.24) is 19.7 Å². The summed E-state index contributed by atoms with van der Waals surface area (Å²) >= 11 is 0. The van der Waals surface area contributed by atoms with Crippen molar-refractivity contribution in [1.29, 1.82) is 0 Å². The third kappa shape index (κ3) is 3.90. The summed E-state index contributed by atoms with van der Waals surface area (Å²) in [6.07, 6.45) is -3.82. The van der Waals surface area contributed by atoms with Gasteiger partial charge < -0.3 is 4.74 Å². The molecule has 0 saturated heterocycles. The molecule has 0 aliphatic rings. The van der Waals surface area contributed by atoms with E-state index in [1.165, 1.54) is 19.2 Å². The molecular formula is C15H11F3N4O4S. The van der Waals surface area contributed by atoms with E-state index in [0.717, 1.165) is 23.0 Å². The molecule has 0 amide bonds. The van der Waals surface area contributed by atoms with Gasteiger partial charge in [0.2, 0.25) is 0 Å². The Balaban J connectivity index is 2.14. The van der Waals surface area contributed by atoms with Gasteiger partial charge in [-0.25, -0.2) is 14.6 Å². The number of aromatic nitrogens is 4. The highest BCUT2D eigenvalue weighted by atomic mass is 32.2. The molecule has 0 radical (unpaired) electrons. The van der Waals surface area contributed by atoms with Gasteiger partial charge in [0.25, 0.3) is 5.82 Å². The molecule has 0 atom stereocenters. The van der Waals surface area contributed by atoms with Gasteiger partial charge in [0.1, 0.15) is 5.75 Å². The second kappa shape index (κ2) is 6.63. The third-order valence-electron chi connectivity index (χ3n) is 3.44. The molecule has 142 valence electrons. The van der Waals surface area contributed by atoms with Crippen LogP contribution in [0.15, 0.2) is 47.6 Å². The largest absolute Gasteiger partial charge is 0.497 e. The van der Waals surface area contributed by atoms with E-state index in [4.69, 9.17) is 9.29 Å². The van der Waals surface area contributed by atoms with Gasteiger partial charge in [-0.3, -0.25) is 4.55 Å². The number of benzene rings is 1. The van der Waals surface area contributed by atoms with Crippen molar-refractivity contribution < 1.29 is 30.9 Å². The van der Waals surface area contributed by atoms with E-state index >= 15 is 0 Å². The average Bonchev–Trinajstić information content (AvgIpc) is 3.07. The Kier molecular flexibility index (Phi) is 4.61. The Bertz CT molecular complexity index is 1060. The minimum absolute atomic E-state index is 0.0243. The topological polar surface area (TPSA) is 107 Å². The highest BCUT2D eigenvalue weighted by molar-refractivity contribution is 7.85. The first-order valence-electron chi connectivity index (χ1n) is 7.22. The SMILES string of the molecule is COc1ccc(-c2nc(C(F)(F)F)nn2-c2ccc(S(=O)(=O)O)nc2)cc1. The van der Waals surface area contributed by atoms with Crippen LogP contribution in [0.2, 0.25) is 0 Å². The van der Waals surface area contributed by atoms with Crippen LogP contribution in [-0.2, 0) is 16.3 Å². The Morgan fingerprint density at radius 1 is 1.11 bits per heavy atom. The average molecular weight is 400 g/mol. The Morgan fingerprint density at radius 3 is 2.26 bits per heavy atom. The fraction of sp³-hybridized carbons (Fsp3) is 0.133. The molecule has 2 aromatic heterocycles. The first-order chi connectivity index (χ1) is 12.6. The van der Waals surface area contributed by atoms with Crippen molar-refractivity contribution in [2.45, 2.75) is 11.2 Å². The van der Waals surface area contributed by atoms with Gasteiger partial charge in [-0.2, -0.15) is 21.6 Å². The van der Waals surface area contributed by atoms with Gasteiger partial charge in [0.15, 0.2) is 10.9 Å². The van der Waals surface area contributed by atoms with Crippen molar-refractivity contribution in [3.05, 3.63) is 48.4 Å². The molecule has 0 unspecified atom stereocenters. The molecule has 0 fully saturated rings. The molecule has 0 aliphatic heterocycles. The molecule has 3 aromatic rings. The number of hydrogen-bond donors (Lipinski definition) is 1. The van der Waals surface area contributed by atoms with Crippen LogP contribution in [-0.4, -0.2) is 39.8 Å². The number of hydrogen-bond acceptors (Lipinski definition) is 6. The number of nitrogens with zero attached hydrogens (tertiary/aromatic N) is 4. The van der Waals surface area contributed by atoms with Gasteiger partial charge in [0.05, 0.1) is 19.0 Å². The van der Waals surface area contributed by atoms with E-state index in [-0.39, 0.29) is 11.5 Å². The lowest BCUT2D eigenvalue weighted by Gasteiger charge is -2.07.